The van der Waals surface area contributed by atoms with Crippen molar-refractivity contribution in [3.05, 3.63) is 89.4 Å². The van der Waals surface area contributed by atoms with Gasteiger partial charge >= 0.3 is 0 Å². The molecule has 0 aliphatic heterocycles. The number of nitrogens with zero attached hydrogens (tertiary/aromatic N) is 4. The molecule has 3 heterocycles. The fraction of sp³-hybridized carbons (Fsp3) is 0.192. The Balaban J connectivity index is 1.35. The van der Waals surface area contributed by atoms with Crippen LogP contribution in [0, 0.1) is 0 Å². The standard InChI is InChI=1S/C26H25N5O2/c1-3-13-31-17-28-26-21(5-4-6-24(26)31)18-7-10-20(11-8-18)33-16-23-22(15-30(2)29-23)19-9-12-25(32)27-14-19/h4-12,14-15,17H,3,13,16H2,1-2H3,(H,27,32). The Hall–Kier alpha value is -4.13. The number of para-hydroxylation sites is 1. The molecule has 0 unspecified atom stereocenters. The third-order valence-corrected chi connectivity index (χ3v) is 5.66. The van der Waals surface area contributed by atoms with Crippen molar-refractivity contribution in [3.63, 3.8) is 0 Å². The first-order chi connectivity index (χ1) is 16.1. The zero-order valence-electron chi connectivity index (χ0n) is 18.7. The minimum atomic E-state index is -0.131. The average Bonchev–Trinajstić information content (AvgIpc) is 3.42. The van der Waals surface area contributed by atoms with Crippen molar-refractivity contribution in [1.29, 1.82) is 0 Å². The van der Waals surface area contributed by atoms with Crippen molar-refractivity contribution >= 4 is 11.0 Å². The van der Waals surface area contributed by atoms with Crippen LogP contribution in [0.1, 0.15) is 19.0 Å². The lowest BCUT2D eigenvalue weighted by Gasteiger charge is -2.08. The molecule has 1 N–H and O–H groups in total. The van der Waals surface area contributed by atoms with E-state index in [1.807, 2.05) is 31.7 Å². The third kappa shape index (κ3) is 4.17. The Morgan fingerprint density at radius 1 is 1.00 bits per heavy atom. The van der Waals surface area contributed by atoms with Crippen LogP contribution in [0.25, 0.3) is 33.3 Å². The lowest BCUT2D eigenvalue weighted by Crippen LogP contribution is -2.02. The fourth-order valence-electron chi connectivity index (χ4n) is 4.08. The van der Waals surface area contributed by atoms with Gasteiger partial charge in [-0.25, -0.2) is 4.98 Å². The van der Waals surface area contributed by atoms with Gasteiger partial charge in [0.05, 0.1) is 17.4 Å². The summed E-state index contributed by atoms with van der Waals surface area (Å²) in [7, 11) is 1.87. The summed E-state index contributed by atoms with van der Waals surface area (Å²) in [5.41, 5.74) is 6.87. The number of aromatic nitrogens is 5. The molecule has 7 heteroatoms. The molecule has 2 aromatic carbocycles. The van der Waals surface area contributed by atoms with Crippen LogP contribution in [0.15, 0.2) is 78.1 Å². The second-order valence-corrected chi connectivity index (χ2v) is 8.03. The predicted molar refractivity (Wildman–Crippen MR) is 129 cm³/mol. The van der Waals surface area contributed by atoms with Crippen LogP contribution in [0.4, 0.5) is 0 Å². The van der Waals surface area contributed by atoms with Gasteiger partial charge < -0.3 is 14.3 Å². The van der Waals surface area contributed by atoms with E-state index in [4.69, 9.17) is 4.74 Å². The van der Waals surface area contributed by atoms with Crippen LogP contribution in [0.2, 0.25) is 0 Å². The monoisotopic (exact) mass is 439 g/mol. The van der Waals surface area contributed by atoms with E-state index in [0.29, 0.717) is 6.61 Å². The van der Waals surface area contributed by atoms with Crippen LogP contribution in [0.5, 0.6) is 5.75 Å². The highest BCUT2D eigenvalue weighted by molar-refractivity contribution is 5.92. The molecular weight excluding hydrogens is 414 g/mol. The van der Waals surface area contributed by atoms with Crippen molar-refractivity contribution < 1.29 is 4.74 Å². The zero-order chi connectivity index (χ0) is 22.8. The van der Waals surface area contributed by atoms with Crippen LogP contribution >= 0.6 is 0 Å². The number of aryl methyl sites for hydroxylation is 2. The van der Waals surface area contributed by atoms with Crippen LogP contribution in [-0.4, -0.2) is 24.3 Å². The predicted octanol–water partition coefficient (Wildman–Crippen LogP) is 4.78. The van der Waals surface area contributed by atoms with Gasteiger partial charge in [0, 0.05) is 48.7 Å². The van der Waals surface area contributed by atoms with Gasteiger partial charge in [0.1, 0.15) is 18.1 Å². The lowest BCUT2D eigenvalue weighted by molar-refractivity contribution is 0.300. The first-order valence-electron chi connectivity index (χ1n) is 11.0. The summed E-state index contributed by atoms with van der Waals surface area (Å²) in [5.74, 6) is 0.764. The molecular formula is C26H25N5O2. The molecule has 0 aliphatic rings. The van der Waals surface area contributed by atoms with E-state index in [0.717, 1.165) is 57.7 Å². The zero-order valence-corrected chi connectivity index (χ0v) is 18.7. The number of pyridine rings is 1. The summed E-state index contributed by atoms with van der Waals surface area (Å²) in [6.07, 6.45) is 6.61. The number of aromatic amines is 1. The van der Waals surface area contributed by atoms with Crippen molar-refractivity contribution in [2.24, 2.45) is 7.05 Å². The Labute approximate surface area is 191 Å². The van der Waals surface area contributed by atoms with Gasteiger partial charge in [-0.05, 0) is 36.2 Å². The summed E-state index contributed by atoms with van der Waals surface area (Å²) >= 11 is 0. The smallest absolute Gasteiger partial charge is 0.247 e. The fourth-order valence-corrected chi connectivity index (χ4v) is 4.08. The second-order valence-electron chi connectivity index (χ2n) is 8.03. The molecule has 0 aliphatic carbocycles. The van der Waals surface area contributed by atoms with E-state index in [9.17, 15) is 4.79 Å². The SMILES string of the molecule is CCCn1cnc2c(-c3ccc(OCc4nn(C)cc4-c4ccc(=O)[nH]c4)cc3)cccc21. The number of benzene rings is 2. The van der Waals surface area contributed by atoms with E-state index in [1.165, 1.54) is 6.07 Å². The Kier molecular flexibility index (Phi) is 5.52. The van der Waals surface area contributed by atoms with E-state index >= 15 is 0 Å². The summed E-state index contributed by atoms with van der Waals surface area (Å²) in [5, 5.41) is 4.53. The number of hydrogen-bond acceptors (Lipinski definition) is 4. The topological polar surface area (TPSA) is 77.7 Å². The normalized spacial score (nSPS) is 11.2. The molecule has 0 spiro atoms. The molecule has 0 fully saturated rings. The van der Waals surface area contributed by atoms with Gasteiger partial charge in [-0.15, -0.1) is 0 Å². The molecule has 166 valence electrons. The number of H-pyrrole nitrogens is 1. The molecule has 0 radical (unpaired) electrons. The minimum absolute atomic E-state index is 0.131. The number of nitrogens with one attached hydrogen (secondary N) is 1. The number of fused-ring (bicyclic) bond motifs is 1. The molecule has 5 rings (SSSR count). The molecule has 0 amide bonds. The number of hydrogen-bond donors (Lipinski definition) is 1. The van der Waals surface area contributed by atoms with E-state index < -0.39 is 0 Å². The van der Waals surface area contributed by atoms with Gasteiger partial charge in [0.15, 0.2) is 0 Å². The van der Waals surface area contributed by atoms with E-state index in [1.54, 1.807) is 16.9 Å². The molecule has 33 heavy (non-hydrogen) atoms. The summed E-state index contributed by atoms with van der Waals surface area (Å²) in [6, 6.07) is 17.7. The molecule has 3 aromatic heterocycles. The Morgan fingerprint density at radius 2 is 1.82 bits per heavy atom. The minimum Gasteiger partial charge on any atom is -0.487 e. The van der Waals surface area contributed by atoms with Crippen molar-refractivity contribution in [1.82, 2.24) is 24.3 Å². The number of rotatable bonds is 7. The van der Waals surface area contributed by atoms with Crippen LogP contribution in [0.3, 0.4) is 0 Å². The van der Waals surface area contributed by atoms with Gasteiger partial charge in [0.25, 0.3) is 0 Å². The number of ether oxygens (including phenoxy) is 1. The Bertz CT molecular complexity index is 1440. The summed E-state index contributed by atoms with van der Waals surface area (Å²) in [6.45, 7) is 3.45. The highest BCUT2D eigenvalue weighted by atomic mass is 16.5. The van der Waals surface area contributed by atoms with Gasteiger partial charge in [0.2, 0.25) is 5.56 Å². The summed E-state index contributed by atoms with van der Waals surface area (Å²) < 4.78 is 9.99. The van der Waals surface area contributed by atoms with Gasteiger partial charge in [-0.1, -0.05) is 31.2 Å². The third-order valence-electron chi connectivity index (χ3n) is 5.66. The second kappa shape index (κ2) is 8.78. The summed E-state index contributed by atoms with van der Waals surface area (Å²) in [4.78, 5) is 18.7. The number of imidazole rings is 1. The molecule has 0 saturated carbocycles. The highest BCUT2D eigenvalue weighted by Gasteiger charge is 2.12. The molecule has 0 bridgehead atoms. The molecule has 0 atom stereocenters. The molecule has 5 aromatic rings. The van der Waals surface area contributed by atoms with Gasteiger partial charge in [-0.2, -0.15) is 5.10 Å². The quantitative estimate of drug-likeness (QED) is 0.396. The first kappa shape index (κ1) is 20.8. The van der Waals surface area contributed by atoms with Crippen molar-refractivity contribution in [2.45, 2.75) is 26.5 Å². The first-order valence-corrected chi connectivity index (χ1v) is 11.0. The average molecular weight is 440 g/mol. The van der Waals surface area contributed by atoms with Crippen molar-refractivity contribution in [3.8, 4) is 28.0 Å². The Morgan fingerprint density at radius 3 is 2.58 bits per heavy atom. The maximum absolute atomic E-state index is 11.4. The maximum Gasteiger partial charge on any atom is 0.247 e. The van der Waals surface area contributed by atoms with Gasteiger partial charge in [-0.3, -0.25) is 9.48 Å². The van der Waals surface area contributed by atoms with Crippen LogP contribution < -0.4 is 10.3 Å². The van der Waals surface area contributed by atoms with Crippen molar-refractivity contribution in [2.75, 3.05) is 0 Å². The van der Waals surface area contributed by atoms with Crippen LogP contribution in [-0.2, 0) is 20.2 Å². The molecule has 0 saturated heterocycles. The van der Waals surface area contributed by atoms with E-state index in [2.05, 4.69) is 56.9 Å². The maximum atomic E-state index is 11.4. The lowest BCUT2D eigenvalue weighted by atomic mass is 10.0. The highest BCUT2D eigenvalue weighted by Crippen LogP contribution is 2.30. The molecule has 7 nitrogen and oxygen atoms in total. The largest absolute Gasteiger partial charge is 0.487 e. The van der Waals surface area contributed by atoms with E-state index in [-0.39, 0.29) is 5.56 Å².